The quantitative estimate of drug-likeness (QED) is 0.198. The number of ether oxygens (including phenoxy) is 1. The second kappa shape index (κ2) is 15.2. The highest BCUT2D eigenvalue weighted by Crippen LogP contribution is 2.34. The highest BCUT2D eigenvalue weighted by Gasteiger charge is 2.29. The lowest BCUT2D eigenvalue weighted by atomic mass is 9.99. The van der Waals surface area contributed by atoms with Crippen molar-refractivity contribution in [3.8, 4) is 23.1 Å². The molecule has 43 heavy (non-hydrogen) atoms. The van der Waals surface area contributed by atoms with Crippen LogP contribution in [-0.2, 0) is 16.4 Å². The molecule has 0 fully saturated rings. The van der Waals surface area contributed by atoms with Crippen molar-refractivity contribution in [2.45, 2.75) is 43.4 Å². The predicted molar refractivity (Wildman–Crippen MR) is 175 cm³/mol. The lowest BCUT2D eigenvalue weighted by molar-refractivity contribution is 0.150. The van der Waals surface area contributed by atoms with Crippen LogP contribution < -0.4 is 20.1 Å². The first-order valence-electron chi connectivity index (χ1n) is 13.6. The van der Waals surface area contributed by atoms with Gasteiger partial charge in [-0.15, -0.1) is 24.8 Å². The molecule has 3 N–H and O–H groups in total. The molecule has 0 spiro atoms. The molecule has 0 bridgehead atoms. The Balaban J connectivity index is 0.00000253. The molecule has 11 heteroatoms. The third-order valence-corrected chi connectivity index (χ3v) is 8.56. The van der Waals surface area contributed by atoms with Gasteiger partial charge in [0.15, 0.2) is 0 Å². The molecule has 2 heterocycles. The number of sulfonamides is 1. The Morgan fingerprint density at radius 1 is 1.00 bits per heavy atom. The highest BCUT2D eigenvalue weighted by atomic mass is 35.5. The lowest BCUT2D eigenvalue weighted by Crippen LogP contribution is -2.43. The first kappa shape index (κ1) is 33.8. The molecule has 4 aromatic rings. The number of pyridine rings is 1. The third kappa shape index (κ3) is 8.47. The monoisotopic (exact) mass is 639 g/mol. The van der Waals surface area contributed by atoms with Crippen LogP contribution in [0, 0.1) is 11.3 Å². The van der Waals surface area contributed by atoms with Gasteiger partial charge < -0.3 is 15.4 Å². The van der Waals surface area contributed by atoms with E-state index in [0.717, 1.165) is 40.9 Å². The van der Waals surface area contributed by atoms with Gasteiger partial charge >= 0.3 is 0 Å². The van der Waals surface area contributed by atoms with Crippen molar-refractivity contribution in [1.82, 2.24) is 15.0 Å². The van der Waals surface area contributed by atoms with Crippen LogP contribution in [-0.4, -0.2) is 38.6 Å². The van der Waals surface area contributed by atoms with Crippen molar-refractivity contribution < 1.29 is 13.2 Å². The first-order valence-corrected chi connectivity index (χ1v) is 15.1. The summed E-state index contributed by atoms with van der Waals surface area (Å²) in [7, 11) is -3.55. The number of nitrogens with one attached hydrogen (secondary N) is 3. The van der Waals surface area contributed by atoms with E-state index < -0.39 is 10.0 Å². The van der Waals surface area contributed by atoms with Crippen LogP contribution in [0.5, 0.6) is 5.88 Å². The number of fused-ring (bicyclic) bond motifs is 1. The summed E-state index contributed by atoms with van der Waals surface area (Å²) in [6.07, 6.45) is 2.37. The van der Waals surface area contributed by atoms with E-state index in [2.05, 4.69) is 38.5 Å². The normalized spacial score (nSPS) is 14.6. The van der Waals surface area contributed by atoms with Crippen LogP contribution in [0.1, 0.15) is 36.6 Å². The van der Waals surface area contributed by atoms with E-state index in [4.69, 9.17) is 10.00 Å². The molecule has 0 radical (unpaired) electrons. The van der Waals surface area contributed by atoms with E-state index in [9.17, 15) is 8.42 Å². The molecule has 1 aromatic heterocycles. The number of hydrogen-bond donors (Lipinski definition) is 3. The number of hydrogen-bond acceptors (Lipinski definition) is 7. The Hall–Kier alpha value is -3.65. The fourth-order valence-electron chi connectivity index (χ4n) is 4.86. The number of rotatable bonds is 10. The number of benzene rings is 3. The zero-order valence-corrected chi connectivity index (χ0v) is 26.3. The largest absolute Gasteiger partial charge is 0.469 e. The summed E-state index contributed by atoms with van der Waals surface area (Å²) in [5, 5.41) is 16.2. The topological polar surface area (TPSA) is 116 Å². The molecule has 8 nitrogen and oxygen atoms in total. The first-order chi connectivity index (χ1) is 19.8. The SMILES string of the molecule is CC(C)NS(=O)(=O)c1ccc(-c2cnc3c(c2)NC[C@@H]([C@H](NCCc2ccc(C#N)cc2)c2ccccc2)O3)cc1.Cl.Cl. The van der Waals surface area contributed by atoms with Gasteiger partial charge in [0, 0.05) is 17.8 Å². The molecule has 0 saturated carbocycles. The van der Waals surface area contributed by atoms with Gasteiger partial charge in [-0.3, -0.25) is 0 Å². The lowest BCUT2D eigenvalue weighted by Gasteiger charge is -2.33. The zero-order chi connectivity index (χ0) is 28.8. The van der Waals surface area contributed by atoms with Crippen LogP contribution >= 0.6 is 24.8 Å². The number of halogens is 2. The zero-order valence-electron chi connectivity index (χ0n) is 23.9. The van der Waals surface area contributed by atoms with Gasteiger partial charge in [-0.05, 0) is 73.8 Å². The van der Waals surface area contributed by atoms with Crippen molar-refractivity contribution in [1.29, 1.82) is 5.26 Å². The standard InChI is InChI=1S/C32H33N5O3S.2ClH/c1-22(2)37-41(38,39)28-14-12-25(13-15-28)27-18-29-32(36-20-27)40-30(21-35-29)31(26-6-4-3-5-7-26)34-17-16-23-8-10-24(19-33)11-9-23;;/h3-15,18,20,22,30-31,34-35,37H,16-17,21H2,1-2H3;2*1H/t30-,31+;;/m0../s1. The maximum Gasteiger partial charge on any atom is 0.240 e. The fourth-order valence-corrected chi connectivity index (χ4v) is 6.11. The third-order valence-electron chi connectivity index (χ3n) is 6.89. The van der Waals surface area contributed by atoms with Crippen molar-refractivity contribution in [2.24, 2.45) is 0 Å². The van der Waals surface area contributed by atoms with E-state index in [1.807, 2.05) is 48.5 Å². The summed E-state index contributed by atoms with van der Waals surface area (Å²) in [6.45, 7) is 4.91. The molecule has 0 unspecified atom stereocenters. The summed E-state index contributed by atoms with van der Waals surface area (Å²) in [4.78, 5) is 4.83. The van der Waals surface area contributed by atoms with E-state index in [1.165, 1.54) is 0 Å². The van der Waals surface area contributed by atoms with Crippen LogP contribution in [0.25, 0.3) is 11.1 Å². The summed E-state index contributed by atoms with van der Waals surface area (Å²) in [5.41, 5.74) is 5.46. The molecule has 226 valence electrons. The highest BCUT2D eigenvalue weighted by molar-refractivity contribution is 7.89. The summed E-state index contributed by atoms with van der Waals surface area (Å²) < 4.78 is 33.9. The summed E-state index contributed by atoms with van der Waals surface area (Å²) in [5.74, 6) is 0.528. The van der Waals surface area contributed by atoms with Gasteiger partial charge in [0.1, 0.15) is 6.10 Å². The van der Waals surface area contributed by atoms with Crippen LogP contribution in [0.3, 0.4) is 0 Å². The smallest absolute Gasteiger partial charge is 0.240 e. The van der Waals surface area contributed by atoms with Crippen LogP contribution in [0.15, 0.2) is 96.0 Å². The molecular weight excluding hydrogens is 605 g/mol. The Labute approximate surface area is 265 Å². The molecule has 0 aliphatic carbocycles. The van der Waals surface area contributed by atoms with E-state index in [-0.39, 0.29) is 47.9 Å². The Bertz CT molecular complexity index is 1630. The minimum Gasteiger partial charge on any atom is -0.469 e. The number of anilines is 1. The minimum atomic E-state index is -3.55. The van der Waals surface area contributed by atoms with Crippen molar-refractivity contribution in [3.63, 3.8) is 0 Å². The average Bonchev–Trinajstić information content (AvgIpc) is 2.99. The fraction of sp³-hybridized carbons (Fsp3) is 0.250. The maximum atomic E-state index is 12.5. The molecule has 0 saturated heterocycles. The van der Waals surface area contributed by atoms with Crippen molar-refractivity contribution >= 4 is 40.5 Å². The van der Waals surface area contributed by atoms with Crippen LogP contribution in [0.4, 0.5) is 5.69 Å². The molecule has 5 rings (SSSR count). The minimum absolute atomic E-state index is 0. The number of nitriles is 1. The van der Waals surface area contributed by atoms with E-state index in [1.54, 1.807) is 44.3 Å². The molecule has 3 aromatic carbocycles. The predicted octanol–water partition coefficient (Wildman–Crippen LogP) is 5.90. The van der Waals surface area contributed by atoms with Gasteiger partial charge in [-0.2, -0.15) is 5.26 Å². The second-order valence-electron chi connectivity index (χ2n) is 10.3. The van der Waals surface area contributed by atoms with Crippen LogP contribution in [0.2, 0.25) is 0 Å². The Morgan fingerprint density at radius 3 is 2.35 bits per heavy atom. The second-order valence-corrected chi connectivity index (χ2v) is 12.0. The van der Waals surface area contributed by atoms with E-state index in [0.29, 0.717) is 18.0 Å². The average molecular weight is 641 g/mol. The summed E-state index contributed by atoms with van der Waals surface area (Å²) in [6, 6.07) is 28.6. The molecular formula is C32H35Cl2N5O3S. The van der Waals surface area contributed by atoms with Gasteiger partial charge in [-0.1, -0.05) is 54.6 Å². The summed E-state index contributed by atoms with van der Waals surface area (Å²) >= 11 is 0. The van der Waals surface area contributed by atoms with Crippen molar-refractivity contribution in [3.05, 3.63) is 108 Å². The Morgan fingerprint density at radius 2 is 1.70 bits per heavy atom. The molecule has 0 amide bonds. The molecule has 2 atom stereocenters. The van der Waals surface area contributed by atoms with E-state index >= 15 is 0 Å². The number of nitrogens with zero attached hydrogens (tertiary/aromatic N) is 2. The van der Waals surface area contributed by atoms with Gasteiger partial charge in [0.05, 0.1) is 34.8 Å². The van der Waals surface area contributed by atoms with Gasteiger partial charge in [-0.25, -0.2) is 18.1 Å². The Kier molecular flexibility index (Phi) is 12.0. The number of aromatic nitrogens is 1. The van der Waals surface area contributed by atoms with Gasteiger partial charge in [0.2, 0.25) is 15.9 Å². The van der Waals surface area contributed by atoms with Crippen molar-refractivity contribution in [2.75, 3.05) is 18.4 Å². The van der Waals surface area contributed by atoms with Gasteiger partial charge in [0.25, 0.3) is 0 Å². The maximum absolute atomic E-state index is 12.5. The molecule has 1 aliphatic rings. The molecule has 1 aliphatic heterocycles.